The minimum atomic E-state index is 0.138. The van der Waals surface area contributed by atoms with Crippen LogP contribution in [0.1, 0.15) is 11.1 Å². The second-order valence-electron chi connectivity index (χ2n) is 11.8. The lowest BCUT2D eigenvalue weighted by molar-refractivity contribution is 1.37. The maximum atomic E-state index is 8.57. The van der Waals surface area contributed by atoms with Gasteiger partial charge in [0, 0.05) is 32.7 Å². The van der Waals surface area contributed by atoms with Gasteiger partial charge in [0.15, 0.2) is 5.84 Å². The summed E-state index contributed by atoms with van der Waals surface area (Å²) in [5.74, 6) is 0.459. The van der Waals surface area contributed by atoms with Crippen LogP contribution in [0, 0.1) is 5.41 Å². The molecule has 0 saturated carbocycles. The van der Waals surface area contributed by atoms with Crippen LogP contribution >= 0.6 is 0 Å². The van der Waals surface area contributed by atoms with E-state index < -0.39 is 0 Å². The molecule has 9 rings (SSSR count). The predicted molar refractivity (Wildman–Crippen MR) is 193 cm³/mol. The van der Waals surface area contributed by atoms with Gasteiger partial charge in [0.2, 0.25) is 0 Å². The molecule has 7 aromatic carbocycles. The molecule has 0 aliphatic carbocycles. The van der Waals surface area contributed by atoms with Crippen LogP contribution in [0.2, 0.25) is 0 Å². The standard InChI is InChI=1S/C42H28N4/c43-41(28-9-2-1-3-10-28)45-42(44)37-24-30-12-5-4-11-29(30)23-36(37)27-19-17-26(18-20-27)31-21-22-33-35-15-8-14-34-32-13-6-7-16-38(32)46(40(34)35)39(33)25-31/h1-25H,(H3,43,44,45). The first kappa shape index (κ1) is 26.2. The van der Waals surface area contributed by atoms with Gasteiger partial charge in [0.05, 0.1) is 16.6 Å². The van der Waals surface area contributed by atoms with Crippen molar-refractivity contribution in [2.45, 2.75) is 0 Å². The maximum absolute atomic E-state index is 8.57. The topological polar surface area (TPSA) is 66.6 Å². The fourth-order valence-corrected chi connectivity index (χ4v) is 6.98. The number of benzene rings is 7. The normalized spacial score (nSPS) is 12.2. The van der Waals surface area contributed by atoms with Gasteiger partial charge in [0.25, 0.3) is 0 Å². The minimum Gasteiger partial charge on any atom is -0.383 e. The Kier molecular flexibility index (Phi) is 5.77. The lowest BCUT2D eigenvalue weighted by Crippen LogP contribution is -2.17. The molecule has 216 valence electrons. The zero-order chi connectivity index (χ0) is 30.8. The smallest absolute Gasteiger partial charge is 0.154 e. The van der Waals surface area contributed by atoms with Crippen LogP contribution in [0.4, 0.5) is 0 Å². The van der Waals surface area contributed by atoms with Crippen LogP contribution in [-0.2, 0) is 0 Å². The number of fused-ring (bicyclic) bond motifs is 7. The predicted octanol–water partition coefficient (Wildman–Crippen LogP) is 10.1. The van der Waals surface area contributed by atoms with Gasteiger partial charge in [0.1, 0.15) is 5.84 Å². The van der Waals surface area contributed by atoms with Gasteiger partial charge in [-0.15, -0.1) is 0 Å². The average molecular weight is 589 g/mol. The first-order valence-corrected chi connectivity index (χ1v) is 15.4. The Morgan fingerprint density at radius 3 is 1.91 bits per heavy atom. The Morgan fingerprint density at radius 1 is 0.522 bits per heavy atom. The van der Waals surface area contributed by atoms with Crippen LogP contribution in [0.25, 0.3) is 71.1 Å². The summed E-state index contributed by atoms with van der Waals surface area (Å²) in [6.45, 7) is 0. The number of hydrogen-bond donors (Lipinski definition) is 2. The molecular weight excluding hydrogens is 560 g/mol. The molecule has 2 aromatic heterocycles. The van der Waals surface area contributed by atoms with E-state index in [2.05, 4.69) is 119 Å². The van der Waals surface area contributed by atoms with E-state index in [0.29, 0.717) is 5.84 Å². The third kappa shape index (κ3) is 4.01. The van der Waals surface area contributed by atoms with Crippen molar-refractivity contribution in [3.05, 3.63) is 163 Å². The summed E-state index contributed by atoms with van der Waals surface area (Å²) in [6.07, 6.45) is 0. The van der Waals surface area contributed by atoms with Gasteiger partial charge in [-0.3, -0.25) is 5.41 Å². The van der Waals surface area contributed by atoms with Crippen molar-refractivity contribution in [2.24, 2.45) is 10.7 Å². The van der Waals surface area contributed by atoms with Gasteiger partial charge in [-0.1, -0.05) is 127 Å². The fourth-order valence-electron chi connectivity index (χ4n) is 6.98. The summed E-state index contributed by atoms with van der Waals surface area (Å²) >= 11 is 0. The highest BCUT2D eigenvalue weighted by atomic mass is 14.9. The van der Waals surface area contributed by atoms with Crippen molar-refractivity contribution < 1.29 is 0 Å². The third-order valence-corrected chi connectivity index (χ3v) is 9.19. The molecule has 4 nitrogen and oxygen atoms in total. The van der Waals surface area contributed by atoms with E-state index in [-0.39, 0.29) is 5.84 Å². The molecule has 0 spiro atoms. The molecule has 46 heavy (non-hydrogen) atoms. The highest BCUT2D eigenvalue weighted by molar-refractivity contribution is 6.23. The maximum Gasteiger partial charge on any atom is 0.154 e. The van der Waals surface area contributed by atoms with Crippen LogP contribution in [0.5, 0.6) is 0 Å². The molecule has 0 atom stereocenters. The van der Waals surface area contributed by atoms with Gasteiger partial charge in [-0.2, -0.15) is 0 Å². The Balaban J connectivity index is 1.15. The van der Waals surface area contributed by atoms with E-state index in [1.54, 1.807) is 0 Å². The number of rotatable bonds is 4. The molecule has 0 fully saturated rings. The number of nitrogens with two attached hydrogens (primary N) is 1. The van der Waals surface area contributed by atoms with Crippen molar-refractivity contribution in [3.63, 3.8) is 0 Å². The lowest BCUT2D eigenvalue weighted by atomic mass is 9.93. The lowest BCUT2D eigenvalue weighted by Gasteiger charge is -2.13. The first-order valence-electron chi connectivity index (χ1n) is 15.4. The summed E-state index contributed by atoms with van der Waals surface area (Å²) < 4.78 is 2.42. The SMILES string of the molecule is N=C(N=C(N)c1cc2ccccc2cc1-c1ccc(-c2ccc3c4cccc5c6ccccc6n(c3c2)c54)cc1)c1ccccc1. The molecule has 0 amide bonds. The van der Waals surface area contributed by atoms with Gasteiger partial charge in [-0.05, 0) is 57.3 Å². The van der Waals surface area contributed by atoms with E-state index in [9.17, 15) is 0 Å². The average Bonchev–Trinajstić information content (AvgIpc) is 3.63. The molecule has 4 heteroatoms. The number of hydrogen-bond acceptors (Lipinski definition) is 1. The van der Waals surface area contributed by atoms with Crippen LogP contribution in [0.15, 0.2) is 157 Å². The van der Waals surface area contributed by atoms with Crippen LogP contribution in [0.3, 0.4) is 0 Å². The Hall–Kier alpha value is -6.26. The van der Waals surface area contributed by atoms with Crippen molar-refractivity contribution in [1.82, 2.24) is 4.40 Å². The number of para-hydroxylation sites is 2. The number of nitrogens with one attached hydrogen (secondary N) is 1. The first-order chi connectivity index (χ1) is 22.6. The van der Waals surface area contributed by atoms with Crippen molar-refractivity contribution >= 4 is 60.5 Å². The van der Waals surface area contributed by atoms with E-state index in [1.165, 1.54) is 43.7 Å². The third-order valence-electron chi connectivity index (χ3n) is 9.19. The molecular formula is C42H28N4. The van der Waals surface area contributed by atoms with Gasteiger partial charge >= 0.3 is 0 Å². The monoisotopic (exact) mass is 588 g/mol. The summed E-state index contributed by atoms with van der Waals surface area (Å²) in [6, 6.07) is 52.8. The van der Waals surface area contributed by atoms with E-state index in [4.69, 9.17) is 11.1 Å². The molecule has 0 aliphatic rings. The molecule has 0 unspecified atom stereocenters. The number of amidine groups is 2. The summed E-state index contributed by atoms with van der Waals surface area (Å²) in [5, 5.41) is 15.9. The van der Waals surface area contributed by atoms with Gasteiger partial charge in [-0.25, -0.2) is 4.99 Å². The second kappa shape index (κ2) is 10.1. The second-order valence-corrected chi connectivity index (χ2v) is 11.8. The van der Waals surface area contributed by atoms with Crippen LogP contribution < -0.4 is 5.73 Å². The molecule has 0 bridgehead atoms. The number of aromatic nitrogens is 1. The molecule has 2 heterocycles. The van der Waals surface area contributed by atoms with E-state index >= 15 is 0 Å². The summed E-state index contributed by atoms with van der Waals surface area (Å²) in [7, 11) is 0. The Morgan fingerprint density at radius 2 is 1.13 bits per heavy atom. The van der Waals surface area contributed by atoms with Crippen molar-refractivity contribution in [1.29, 1.82) is 5.41 Å². The molecule has 0 saturated heterocycles. The van der Waals surface area contributed by atoms with Crippen LogP contribution in [-0.4, -0.2) is 16.1 Å². The zero-order valence-electron chi connectivity index (χ0n) is 24.9. The fraction of sp³-hybridized carbons (Fsp3) is 0. The van der Waals surface area contributed by atoms with E-state index in [1.807, 2.05) is 42.5 Å². The van der Waals surface area contributed by atoms with E-state index in [0.717, 1.165) is 38.6 Å². The molecule has 9 aromatic rings. The number of nitrogens with zero attached hydrogens (tertiary/aromatic N) is 2. The molecule has 0 aliphatic heterocycles. The Bertz CT molecular complexity index is 2640. The molecule has 3 N–H and O–H groups in total. The highest BCUT2D eigenvalue weighted by Gasteiger charge is 2.18. The quantitative estimate of drug-likeness (QED) is 0.156. The number of aliphatic imine (C=N–C) groups is 1. The zero-order valence-corrected chi connectivity index (χ0v) is 24.9. The summed E-state index contributed by atoms with van der Waals surface area (Å²) in [4.78, 5) is 4.53. The minimum absolute atomic E-state index is 0.138. The summed E-state index contributed by atoms with van der Waals surface area (Å²) in [5.41, 5.74) is 16.3. The molecule has 0 radical (unpaired) electrons. The van der Waals surface area contributed by atoms with Gasteiger partial charge < -0.3 is 10.1 Å². The largest absolute Gasteiger partial charge is 0.383 e. The van der Waals surface area contributed by atoms with Crippen molar-refractivity contribution in [2.75, 3.05) is 0 Å². The van der Waals surface area contributed by atoms with Crippen molar-refractivity contribution in [3.8, 4) is 22.3 Å². The Labute approximate surface area is 265 Å². The highest BCUT2D eigenvalue weighted by Crippen LogP contribution is 2.40.